The Labute approximate surface area is 348 Å². The van der Waals surface area contributed by atoms with Crippen molar-refractivity contribution in [3.05, 3.63) is 96.6 Å². The largest absolute Gasteiger partial charge is 0.414 e. The van der Waals surface area contributed by atoms with Gasteiger partial charge in [-0.25, -0.2) is 0 Å². The average Bonchev–Trinajstić information content (AvgIpc) is 4.00. The van der Waals surface area contributed by atoms with Crippen molar-refractivity contribution in [1.29, 1.82) is 0 Å². The fourth-order valence-electron chi connectivity index (χ4n) is 9.79. The minimum atomic E-state index is -2.90. The van der Waals surface area contributed by atoms with Crippen molar-refractivity contribution in [2.24, 2.45) is 28.6 Å². The van der Waals surface area contributed by atoms with E-state index >= 15 is 0 Å². The maximum Gasteiger partial charge on any atom is 0.261 e. The van der Waals surface area contributed by atoms with E-state index in [1.807, 2.05) is 0 Å². The molecule has 0 bridgehead atoms. The van der Waals surface area contributed by atoms with E-state index in [0.29, 0.717) is 26.4 Å². The van der Waals surface area contributed by atoms with Gasteiger partial charge in [-0.2, -0.15) is 0 Å². The van der Waals surface area contributed by atoms with Crippen LogP contribution < -0.4 is 10.4 Å². The molecule has 0 radical (unpaired) electrons. The van der Waals surface area contributed by atoms with E-state index in [-0.39, 0.29) is 57.0 Å². The summed E-state index contributed by atoms with van der Waals surface area (Å²) < 4.78 is 42.5. The van der Waals surface area contributed by atoms with Crippen LogP contribution in [-0.2, 0) is 34.4 Å². The van der Waals surface area contributed by atoms with Gasteiger partial charge in [-0.05, 0) is 71.2 Å². The van der Waals surface area contributed by atoms with Gasteiger partial charge in [0.05, 0.1) is 44.7 Å². The van der Waals surface area contributed by atoms with Crippen LogP contribution in [0.3, 0.4) is 0 Å². The first kappa shape index (κ1) is 44.4. The highest BCUT2D eigenvalue weighted by molar-refractivity contribution is 6.99. The summed E-state index contributed by atoms with van der Waals surface area (Å²) in [6, 6.07) is 32.7. The lowest BCUT2D eigenvalue weighted by Gasteiger charge is -2.59. The first-order valence-electron chi connectivity index (χ1n) is 21.6. The van der Waals surface area contributed by atoms with Crippen LogP contribution in [0, 0.1) is 28.6 Å². The highest BCUT2D eigenvalue weighted by Gasteiger charge is 2.61. The van der Waals surface area contributed by atoms with Crippen molar-refractivity contribution in [3.63, 3.8) is 0 Å². The summed E-state index contributed by atoms with van der Waals surface area (Å²) in [6.45, 7) is 33.5. The molecule has 6 nitrogen and oxygen atoms in total. The lowest BCUT2D eigenvalue weighted by molar-refractivity contribution is -0.332. The van der Waals surface area contributed by atoms with E-state index in [1.165, 1.54) is 15.9 Å². The minimum absolute atomic E-state index is 0.00759. The Morgan fingerprint density at radius 2 is 1.28 bits per heavy atom. The van der Waals surface area contributed by atoms with Crippen LogP contribution in [0.2, 0.25) is 23.2 Å². The molecule has 3 aliphatic rings. The number of epoxide rings is 1. The third-order valence-corrected chi connectivity index (χ3v) is 23.9. The Morgan fingerprint density at radius 1 is 0.737 bits per heavy atom. The quantitative estimate of drug-likeness (QED) is 0.119. The molecule has 1 unspecified atom stereocenters. The number of benzene rings is 3. The van der Waals surface area contributed by atoms with Gasteiger partial charge in [0.2, 0.25) is 0 Å². The highest BCUT2D eigenvalue weighted by Crippen LogP contribution is 2.56. The van der Waals surface area contributed by atoms with Gasteiger partial charge >= 0.3 is 0 Å². The van der Waals surface area contributed by atoms with Gasteiger partial charge in [0, 0.05) is 29.8 Å². The molecule has 2 aliphatic heterocycles. The summed E-state index contributed by atoms with van der Waals surface area (Å²) in [5, 5.41) is 2.47. The topological polar surface area (TPSA) is 58.7 Å². The summed E-state index contributed by atoms with van der Waals surface area (Å²) in [4.78, 5) is 0. The molecular formula is C49H74O6Si2. The molecule has 314 valence electrons. The molecule has 3 fully saturated rings. The van der Waals surface area contributed by atoms with Gasteiger partial charge < -0.3 is 27.8 Å². The highest BCUT2D eigenvalue weighted by atomic mass is 28.4. The zero-order valence-electron chi connectivity index (χ0n) is 37.5. The summed E-state index contributed by atoms with van der Waals surface area (Å²) >= 11 is 0. The predicted molar refractivity (Wildman–Crippen MR) is 238 cm³/mol. The maximum atomic E-state index is 7.98. The van der Waals surface area contributed by atoms with Crippen molar-refractivity contribution in [2.75, 3.05) is 26.4 Å². The number of rotatable bonds is 14. The molecule has 8 heteroatoms. The molecule has 1 aliphatic carbocycles. The van der Waals surface area contributed by atoms with Crippen LogP contribution in [0.5, 0.6) is 0 Å². The monoisotopic (exact) mass is 815 g/mol. The standard InChI is InChI=1S/C49H74O6Si2/c1-45(2,3)56(12,13)55-41-29-30-49(11,35-50-31-36-23-17-14-18-24-36)43(44-40(33-52-48(9,10)54-44)47(7,8)42-34-51-42)39(41)32-53-57(46(4,5)6,37-25-19-15-20-26-37)38-27-21-16-22-28-38/h14-28,39-44H,29-35H2,1-13H3/t39-,40+,41+,42?,43+,44+,49+/m1/s1. The molecule has 6 rings (SSSR count). The number of hydrogen-bond acceptors (Lipinski definition) is 6. The van der Waals surface area contributed by atoms with E-state index in [2.05, 4.69) is 180 Å². The third-order valence-electron chi connectivity index (χ3n) is 14.3. The molecule has 57 heavy (non-hydrogen) atoms. The Balaban J connectivity index is 1.51. The summed E-state index contributed by atoms with van der Waals surface area (Å²) in [5.41, 5.74) is 0.787. The van der Waals surface area contributed by atoms with Gasteiger partial charge in [0.1, 0.15) is 0 Å². The van der Waals surface area contributed by atoms with E-state index in [0.717, 1.165) is 19.4 Å². The lowest BCUT2D eigenvalue weighted by atomic mass is 9.56. The van der Waals surface area contributed by atoms with Crippen LogP contribution in [0.4, 0.5) is 0 Å². The van der Waals surface area contributed by atoms with Gasteiger partial charge in [0.15, 0.2) is 14.1 Å². The minimum Gasteiger partial charge on any atom is -0.414 e. The Hall–Kier alpha value is -2.15. The molecule has 3 aromatic rings. The molecule has 3 aromatic carbocycles. The zero-order chi connectivity index (χ0) is 41.5. The third kappa shape index (κ3) is 9.44. The second-order valence-electron chi connectivity index (χ2n) is 21.3. The predicted octanol–water partition coefficient (Wildman–Crippen LogP) is 10.4. The molecule has 0 spiro atoms. The molecule has 2 saturated heterocycles. The van der Waals surface area contributed by atoms with Crippen molar-refractivity contribution < 1.29 is 27.8 Å². The van der Waals surface area contributed by atoms with E-state index in [1.54, 1.807) is 0 Å². The first-order chi connectivity index (χ1) is 26.6. The summed E-state index contributed by atoms with van der Waals surface area (Å²) in [6.07, 6.45) is 1.93. The first-order valence-corrected chi connectivity index (χ1v) is 26.4. The van der Waals surface area contributed by atoms with Crippen molar-refractivity contribution in [3.8, 4) is 0 Å². The molecule has 2 heterocycles. The zero-order valence-corrected chi connectivity index (χ0v) is 39.5. The van der Waals surface area contributed by atoms with Gasteiger partial charge in [-0.15, -0.1) is 0 Å². The number of ether oxygens (including phenoxy) is 4. The van der Waals surface area contributed by atoms with Gasteiger partial charge in [-0.1, -0.05) is 153 Å². The van der Waals surface area contributed by atoms with Crippen molar-refractivity contribution in [2.45, 2.75) is 143 Å². The van der Waals surface area contributed by atoms with Gasteiger partial charge in [0.25, 0.3) is 8.32 Å². The summed E-state index contributed by atoms with van der Waals surface area (Å²) in [7, 11) is -5.12. The maximum absolute atomic E-state index is 7.98. The SMILES string of the molecule is CC1(C)OC[C@H](C(C)(C)C2CO2)[C@@H]([C@@H]2[C@H](CO[Si](c3ccccc3)(c3ccccc3)C(C)(C)C)[C@@H](O[Si](C)(C)C(C)(C)C)CC[C@@]2(C)COCc2ccccc2)O1. The lowest BCUT2D eigenvalue weighted by Crippen LogP contribution is -2.68. The summed E-state index contributed by atoms with van der Waals surface area (Å²) in [5.74, 6) is -0.582. The normalized spacial score (nSPS) is 28.6. The van der Waals surface area contributed by atoms with Crippen LogP contribution in [-0.4, -0.2) is 67.2 Å². The molecule has 0 N–H and O–H groups in total. The molecule has 0 aromatic heterocycles. The van der Waals surface area contributed by atoms with Crippen LogP contribution in [0.1, 0.15) is 94.6 Å². The average molecular weight is 815 g/mol. The molecule has 1 saturated carbocycles. The van der Waals surface area contributed by atoms with E-state index in [9.17, 15) is 0 Å². The smallest absolute Gasteiger partial charge is 0.261 e. The van der Waals surface area contributed by atoms with E-state index < -0.39 is 22.4 Å². The van der Waals surface area contributed by atoms with Gasteiger partial charge in [-0.3, -0.25) is 0 Å². The number of hydrogen-bond donors (Lipinski definition) is 0. The van der Waals surface area contributed by atoms with Crippen LogP contribution in [0.25, 0.3) is 0 Å². The van der Waals surface area contributed by atoms with Crippen LogP contribution in [0.15, 0.2) is 91.0 Å². The fraction of sp³-hybridized carbons (Fsp3) is 0.633. The molecule has 0 amide bonds. The molecule has 7 atom stereocenters. The second kappa shape index (κ2) is 16.7. The van der Waals surface area contributed by atoms with E-state index in [4.69, 9.17) is 27.8 Å². The Bertz CT molecular complexity index is 1690. The van der Waals surface area contributed by atoms with Crippen LogP contribution >= 0.6 is 0 Å². The second-order valence-corrected chi connectivity index (χ2v) is 30.4. The Kier molecular flexibility index (Phi) is 13.0. The van der Waals surface area contributed by atoms with Crippen molar-refractivity contribution >= 4 is 27.0 Å². The van der Waals surface area contributed by atoms with Crippen molar-refractivity contribution in [1.82, 2.24) is 0 Å². The fourth-order valence-corrected chi connectivity index (χ4v) is 15.8. The molecular weight excluding hydrogens is 741 g/mol. The Morgan fingerprint density at radius 3 is 1.79 bits per heavy atom.